The van der Waals surface area contributed by atoms with Crippen LogP contribution in [0.2, 0.25) is 0 Å². The van der Waals surface area contributed by atoms with E-state index in [0.29, 0.717) is 30.2 Å². The molecule has 43 heavy (non-hydrogen) atoms. The zero-order valence-electron chi connectivity index (χ0n) is 24.3. The van der Waals surface area contributed by atoms with Gasteiger partial charge in [0.2, 0.25) is 0 Å². The summed E-state index contributed by atoms with van der Waals surface area (Å²) in [5.41, 5.74) is 0.860. The van der Waals surface area contributed by atoms with Crippen LogP contribution in [0.25, 0.3) is 5.57 Å². The Bertz CT molecular complexity index is 1430. The summed E-state index contributed by atoms with van der Waals surface area (Å²) in [4.78, 5) is 39.8. The number of amides is 2. The Morgan fingerprint density at radius 1 is 1.21 bits per heavy atom. The van der Waals surface area contributed by atoms with Gasteiger partial charge in [0.25, 0.3) is 11.8 Å². The van der Waals surface area contributed by atoms with Crippen LogP contribution in [0, 0.1) is 25.2 Å². The van der Waals surface area contributed by atoms with Gasteiger partial charge in [0.15, 0.2) is 0 Å². The molecule has 0 bridgehead atoms. The predicted molar refractivity (Wildman–Crippen MR) is 148 cm³/mol. The van der Waals surface area contributed by atoms with E-state index in [1.54, 1.807) is 20.1 Å². The molecule has 1 aliphatic carbocycles. The van der Waals surface area contributed by atoms with Gasteiger partial charge in [-0.25, -0.2) is 4.79 Å². The number of alkyl halides is 3. The number of halogens is 3. The Hall–Kier alpha value is -4.44. The largest absolute Gasteiger partial charge is 0.513 e. The highest BCUT2D eigenvalue weighted by Crippen LogP contribution is 2.44. The minimum atomic E-state index is -4.62. The van der Waals surface area contributed by atoms with E-state index in [9.17, 15) is 27.6 Å². The first-order chi connectivity index (χ1) is 20.4. The number of carbonyl (C=O) groups excluding carboxylic acids is 3. The van der Waals surface area contributed by atoms with Crippen molar-refractivity contribution >= 4 is 23.5 Å². The van der Waals surface area contributed by atoms with E-state index in [1.165, 1.54) is 0 Å². The third-order valence-corrected chi connectivity index (χ3v) is 7.17. The van der Waals surface area contributed by atoms with E-state index in [1.807, 2.05) is 37.4 Å². The molecule has 230 valence electrons. The molecule has 0 radical (unpaired) electrons. The van der Waals surface area contributed by atoms with Crippen LogP contribution in [0.4, 0.5) is 18.0 Å². The summed E-state index contributed by atoms with van der Waals surface area (Å²) in [6.07, 6.45) is -0.609. The molecule has 13 heteroatoms. The van der Waals surface area contributed by atoms with E-state index in [4.69, 9.17) is 19.5 Å². The van der Waals surface area contributed by atoms with Gasteiger partial charge in [-0.1, -0.05) is 23.8 Å². The first-order valence-corrected chi connectivity index (χ1v) is 13.6. The molecule has 2 aromatic rings. The summed E-state index contributed by atoms with van der Waals surface area (Å²) in [5, 5.41) is 13.3. The van der Waals surface area contributed by atoms with Gasteiger partial charge in [0, 0.05) is 19.5 Å². The van der Waals surface area contributed by atoms with E-state index in [0.717, 1.165) is 41.9 Å². The van der Waals surface area contributed by atoms with Crippen molar-refractivity contribution in [3.63, 3.8) is 0 Å². The Morgan fingerprint density at radius 3 is 2.51 bits per heavy atom. The highest BCUT2D eigenvalue weighted by Gasteiger charge is 2.50. The molecule has 1 spiro atoms. The number of nitriles is 1. The summed E-state index contributed by atoms with van der Waals surface area (Å²) < 4.78 is 53.5. The van der Waals surface area contributed by atoms with Crippen LogP contribution >= 0.6 is 0 Å². The maximum absolute atomic E-state index is 13.0. The number of hydrogen-bond acceptors (Lipinski definition) is 8. The quantitative estimate of drug-likeness (QED) is 0.348. The molecule has 2 amide bonds. The van der Waals surface area contributed by atoms with Crippen LogP contribution in [0.1, 0.15) is 65.2 Å². The van der Waals surface area contributed by atoms with Gasteiger partial charge in [0.1, 0.15) is 12.3 Å². The van der Waals surface area contributed by atoms with Crippen molar-refractivity contribution in [3.05, 3.63) is 70.2 Å². The number of aryl methyl sites for hydroxylation is 2. The average Bonchev–Trinajstić information content (AvgIpc) is 3.22. The lowest BCUT2D eigenvalue weighted by Crippen LogP contribution is -2.49. The number of aromatic nitrogens is 1. The molecular formula is C30H33F3N4O6. The van der Waals surface area contributed by atoms with Gasteiger partial charge in [-0.2, -0.15) is 18.4 Å². The average molecular weight is 603 g/mol. The number of rotatable bonds is 6. The molecule has 0 saturated heterocycles. The molecule has 1 saturated carbocycles. The number of benzene rings is 1. The van der Waals surface area contributed by atoms with Gasteiger partial charge < -0.3 is 24.8 Å². The van der Waals surface area contributed by atoms with Gasteiger partial charge in [-0.15, -0.1) is 0 Å². The third-order valence-electron chi connectivity index (χ3n) is 7.17. The second-order valence-corrected chi connectivity index (χ2v) is 10.0. The molecule has 0 atom stereocenters. The summed E-state index contributed by atoms with van der Waals surface area (Å²) in [5.74, 6) is -0.796. The number of pyridine rings is 1. The summed E-state index contributed by atoms with van der Waals surface area (Å²) >= 11 is 0. The highest BCUT2D eigenvalue weighted by atomic mass is 19.4. The zero-order chi connectivity index (χ0) is 31.8. The molecular weight excluding hydrogens is 569 g/mol. The number of carbonyl (C=O) groups is 3. The van der Waals surface area contributed by atoms with Crippen LogP contribution < -0.4 is 10.6 Å². The monoisotopic (exact) mass is 602 g/mol. The highest BCUT2D eigenvalue weighted by molar-refractivity contribution is 6.24. The number of nitrogens with zero attached hydrogens (tertiary/aromatic N) is 2. The van der Waals surface area contributed by atoms with E-state index < -0.39 is 34.9 Å². The van der Waals surface area contributed by atoms with Crippen LogP contribution in [0.15, 0.2) is 42.4 Å². The zero-order valence-corrected chi connectivity index (χ0v) is 24.3. The molecule has 1 aromatic heterocycles. The SMILES string of the molecule is CCOC(=O)OC1=C(c2cc(C)ccc2C)C(=O)N[C@]12CC[C@@H](OC)CC2.N#CCNC(=O)c1cnccc1C(F)(F)F. The molecule has 1 aliphatic heterocycles. The fourth-order valence-electron chi connectivity index (χ4n) is 5.02. The van der Waals surface area contributed by atoms with Crippen molar-refractivity contribution < 1.29 is 41.8 Å². The Labute approximate surface area is 247 Å². The van der Waals surface area contributed by atoms with Crippen LogP contribution in [0.3, 0.4) is 0 Å². The summed E-state index contributed by atoms with van der Waals surface area (Å²) in [6.45, 7) is 5.50. The molecule has 1 fully saturated rings. The fourth-order valence-corrected chi connectivity index (χ4v) is 5.02. The predicted octanol–water partition coefficient (Wildman–Crippen LogP) is 5.00. The Kier molecular flexibility index (Phi) is 10.9. The fraction of sp³-hybridized carbons (Fsp3) is 0.433. The van der Waals surface area contributed by atoms with Crippen molar-refractivity contribution in [2.45, 2.75) is 64.3 Å². The van der Waals surface area contributed by atoms with Crippen molar-refractivity contribution in [3.8, 4) is 6.07 Å². The lowest BCUT2D eigenvalue weighted by Gasteiger charge is -2.37. The first-order valence-electron chi connectivity index (χ1n) is 13.6. The minimum Gasteiger partial charge on any atom is -0.434 e. The molecule has 0 unspecified atom stereocenters. The van der Waals surface area contributed by atoms with Crippen molar-refractivity contribution in [2.24, 2.45) is 0 Å². The van der Waals surface area contributed by atoms with Gasteiger partial charge in [-0.3, -0.25) is 14.6 Å². The van der Waals surface area contributed by atoms with Crippen molar-refractivity contribution in [1.82, 2.24) is 15.6 Å². The second kappa shape index (κ2) is 14.2. The smallest absolute Gasteiger partial charge is 0.434 e. The Morgan fingerprint density at radius 2 is 1.91 bits per heavy atom. The number of nitrogens with one attached hydrogen (secondary N) is 2. The molecule has 2 N–H and O–H groups in total. The third kappa shape index (κ3) is 7.90. The van der Waals surface area contributed by atoms with Gasteiger partial charge in [0.05, 0.1) is 41.0 Å². The number of ether oxygens (including phenoxy) is 3. The molecule has 2 aliphatic rings. The minimum absolute atomic E-state index is 0.154. The number of methoxy groups -OCH3 is 1. The molecule has 10 nitrogen and oxygen atoms in total. The van der Waals surface area contributed by atoms with E-state index >= 15 is 0 Å². The summed E-state index contributed by atoms with van der Waals surface area (Å²) in [6, 6.07) is 8.23. The number of hydrogen-bond donors (Lipinski definition) is 2. The van der Waals surface area contributed by atoms with E-state index in [-0.39, 0.29) is 25.2 Å². The van der Waals surface area contributed by atoms with Crippen molar-refractivity contribution in [2.75, 3.05) is 20.3 Å². The standard InChI is InChI=1S/C21H27NO5.C9H6F3N3O/c1-5-26-20(24)27-18-17(16-12-13(2)6-7-14(16)3)19(23)22-21(18)10-8-15(25-4)9-11-21;10-9(11,12)7-1-3-14-5-6(7)8(16)15-4-2-13/h6-7,12,15H,5,8-11H2,1-4H3,(H,22,23);1,3,5H,4H2,(H,15,16)/t15-,21+;. The lowest BCUT2D eigenvalue weighted by atomic mass is 9.79. The first kappa shape index (κ1) is 33.1. The van der Waals surface area contributed by atoms with Gasteiger partial charge in [-0.05, 0) is 63.6 Å². The topological polar surface area (TPSA) is 140 Å². The molecule has 1 aromatic carbocycles. The Balaban J connectivity index is 0.000000271. The second-order valence-electron chi connectivity index (χ2n) is 10.0. The van der Waals surface area contributed by atoms with Crippen LogP contribution in [0.5, 0.6) is 0 Å². The maximum Gasteiger partial charge on any atom is 0.513 e. The molecule has 2 heterocycles. The molecule has 4 rings (SSSR count). The van der Waals surface area contributed by atoms with E-state index in [2.05, 4.69) is 10.3 Å². The maximum atomic E-state index is 13.0. The van der Waals surface area contributed by atoms with Crippen molar-refractivity contribution in [1.29, 1.82) is 5.26 Å². The van der Waals surface area contributed by atoms with Crippen LogP contribution in [-0.2, 0) is 25.2 Å². The van der Waals surface area contributed by atoms with Gasteiger partial charge >= 0.3 is 12.3 Å². The summed E-state index contributed by atoms with van der Waals surface area (Å²) in [7, 11) is 1.70. The van der Waals surface area contributed by atoms with Crippen LogP contribution in [-0.4, -0.2) is 54.9 Å². The normalized spacial score (nSPS) is 19.6. The lowest BCUT2D eigenvalue weighted by molar-refractivity contribution is -0.138.